The maximum Gasteiger partial charge on any atom is 0.387 e. The highest BCUT2D eigenvalue weighted by molar-refractivity contribution is 5.92. The third-order valence-corrected chi connectivity index (χ3v) is 1.55. The van der Waals surface area contributed by atoms with Gasteiger partial charge in [-0.15, -0.1) is 0 Å². The van der Waals surface area contributed by atoms with E-state index in [-0.39, 0.29) is 18.2 Å². The Morgan fingerprint density at radius 3 is 2.47 bits per heavy atom. The lowest BCUT2D eigenvalue weighted by Crippen LogP contribution is -2.21. The van der Waals surface area contributed by atoms with Crippen molar-refractivity contribution in [3.05, 3.63) is 24.3 Å². The fourth-order valence-corrected chi connectivity index (χ4v) is 0.932. The standard InChI is InChI=1S/C9H10F2N2O2/c10-9(11)15-7-3-1-6(2-4-7)13-8(14)5-12/h1-4,9H,5,12H2,(H,13,14). The van der Waals surface area contributed by atoms with E-state index < -0.39 is 6.61 Å². The lowest BCUT2D eigenvalue weighted by Gasteiger charge is -2.06. The summed E-state index contributed by atoms with van der Waals surface area (Å²) in [6.45, 7) is -2.98. The summed E-state index contributed by atoms with van der Waals surface area (Å²) in [4.78, 5) is 10.9. The van der Waals surface area contributed by atoms with Gasteiger partial charge in [0.2, 0.25) is 5.91 Å². The largest absolute Gasteiger partial charge is 0.435 e. The molecule has 15 heavy (non-hydrogen) atoms. The number of hydrogen-bond donors (Lipinski definition) is 2. The molecule has 3 N–H and O–H groups in total. The molecule has 0 atom stereocenters. The first-order valence-electron chi connectivity index (χ1n) is 4.16. The summed E-state index contributed by atoms with van der Waals surface area (Å²) in [6, 6.07) is 5.56. The lowest BCUT2D eigenvalue weighted by molar-refractivity contribution is -0.114. The third kappa shape index (κ3) is 3.90. The molecule has 0 saturated heterocycles. The lowest BCUT2D eigenvalue weighted by atomic mass is 10.3. The van der Waals surface area contributed by atoms with Crippen molar-refractivity contribution in [1.82, 2.24) is 0 Å². The van der Waals surface area contributed by atoms with Gasteiger partial charge in [-0.25, -0.2) is 0 Å². The predicted molar refractivity (Wildman–Crippen MR) is 50.8 cm³/mol. The second-order valence-electron chi connectivity index (χ2n) is 2.66. The van der Waals surface area contributed by atoms with Gasteiger partial charge in [0.1, 0.15) is 5.75 Å². The normalized spacial score (nSPS) is 10.1. The van der Waals surface area contributed by atoms with Crippen LogP contribution in [0.3, 0.4) is 0 Å². The first-order chi connectivity index (χ1) is 7.11. The number of amides is 1. The van der Waals surface area contributed by atoms with Gasteiger partial charge in [0.25, 0.3) is 0 Å². The Kier molecular flexibility index (Phi) is 3.99. The van der Waals surface area contributed by atoms with E-state index in [0.717, 1.165) is 0 Å². The third-order valence-electron chi connectivity index (χ3n) is 1.55. The number of rotatable bonds is 4. The smallest absolute Gasteiger partial charge is 0.387 e. The molecule has 0 saturated carbocycles. The number of benzene rings is 1. The van der Waals surface area contributed by atoms with E-state index in [0.29, 0.717) is 5.69 Å². The van der Waals surface area contributed by atoms with Crippen LogP contribution in [0, 0.1) is 0 Å². The number of hydrogen-bond acceptors (Lipinski definition) is 3. The van der Waals surface area contributed by atoms with E-state index >= 15 is 0 Å². The zero-order chi connectivity index (χ0) is 11.3. The van der Waals surface area contributed by atoms with Crippen molar-refractivity contribution in [3.63, 3.8) is 0 Å². The van der Waals surface area contributed by atoms with Crippen molar-refractivity contribution < 1.29 is 18.3 Å². The summed E-state index contributed by atoms with van der Waals surface area (Å²) >= 11 is 0. The van der Waals surface area contributed by atoms with E-state index in [1.165, 1.54) is 24.3 Å². The van der Waals surface area contributed by atoms with Crippen molar-refractivity contribution in [2.45, 2.75) is 6.61 Å². The molecule has 0 radical (unpaired) electrons. The van der Waals surface area contributed by atoms with Gasteiger partial charge in [-0.3, -0.25) is 4.79 Å². The van der Waals surface area contributed by atoms with E-state index in [2.05, 4.69) is 10.1 Å². The Bertz CT molecular complexity index is 327. The molecule has 0 unspecified atom stereocenters. The number of nitrogens with two attached hydrogens (primary N) is 1. The molecule has 0 aliphatic heterocycles. The van der Waals surface area contributed by atoms with Gasteiger partial charge in [0.05, 0.1) is 6.54 Å². The number of nitrogens with one attached hydrogen (secondary N) is 1. The fraction of sp³-hybridized carbons (Fsp3) is 0.222. The first-order valence-corrected chi connectivity index (χ1v) is 4.16. The quantitative estimate of drug-likeness (QED) is 0.794. The zero-order valence-electron chi connectivity index (χ0n) is 7.74. The number of carbonyl (C=O) groups excluding carboxylic acids is 1. The van der Waals surface area contributed by atoms with Crippen LogP contribution in [0.5, 0.6) is 5.75 Å². The predicted octanol–water partition coefficient (Wildman–Crippen LogP) is 1.19. The average molecular weight is 216 g/mol. The minimum Gasteiger partial charge on any atom is -0.435 e. The molecule has 0 heterocycles. The highest BCUT2D eigenvalue weighted by atomic mass is 19.3. The van der Waals surface area contributed by atoms with Crippen LogP contribution in [-0.2, 0) is 4.79 Å². The minimum absolute atomic E-state index is 0.0377. The maximum atomic E-state index is 11.8. The van der Waals surface area contributed by atoms with Crippen molar-refractivity contribution in [2.24, 2.45) is 5.73 Å². The summed E-state index contributed by atoms with van der Waals surface area (Å²) in [5.74, 6) is -0.312. The van der Waals surface area contributed by atoms with Crippen molar-refractivity contribution in [2.75, 3.05) is 11.9 Å². The Hall–Kier alpha value is -1.69. The van der Waals surface area contributed by atoms with E-state index in [9.17, 15) is 13.6 Å². The number of anilines is 1. The van der Waals surface area contributed by atoms with Crippen molar-refractivity contribution in [1.29, 1.82) is 0 Å². The zero-order valence-corrected chi connectivity index (χ0v) is 7.74. The molecule has 6 heteroatoms. The summed E-state index contributed by atoms with van der Waals surface area (Å²) < 4.78 is 27.7. The fourth-order valence-electron chi connectivity index (χ4n) is 0.932. The van der Waals surface area contributed by atoms with Crippen LogP contribution < -0.4 is 15.8 Å². The van der Waals surface area contributed by atoms with E-state index in [1.807, 2.05) is 0 Å². The molecule has 1 aromatic rings. The van der Waals surface area contributed by atoms with Crippen molar-refractivity contribution in [3.8, 4) is 5.75 Å². The number of ether oxygens (including phenoxy) is 1. The maximum absolute atomic E-state index is 11.8. The summed E-state index contributed by atoms with van der Waals surface area (Å²) in [5.41, 5.74) is 5.56. The molecule has 0 bridgehead atoms. The molecule has 0 fully saturated rings. The molecular formula is C9H10F2N2O2. The van der Waals surface area contributed by atoms with Gasteiger partial charge in [-0.1, -0.05) is 0 Å². The van der Waals surface area contributed by atoms with Crippen LogP contribution in [0.2, 0.25) is 0 Å². The molecule has 0 spiro atoms. The van der Waals surface area contributed by atoms with Crippen LogP contribution in [0.15, 0.2) is 24.3 Å². The highest BCUT2D eigenvalue weighted by Gasteiger charge is 2.04. The Balaban J connectivity index is 2.60. The minimum atomic E-state index is -2.85. The highest BCUT2D eigenvalue weighted by Crippen LogP contribution is 2.17. The Morgan fingerprint density at radius 1 is 1.40 bits per heavy atom. The molecule has 1 rings (SSSR count). The number of alkyl halides is 2. The van der Waals surface area contributed by atoms with Gasteiger partial charge in [0, 0.05) is 5.69 Å². The van der Waals surface area contributed by atoms with Gasteiger partial charge in [-0.2, -0.15) is 8.78 Å². The monoisotopic (exact) mass is 216 g/mol. The van der Waals surface area contributed by atoms with E-state index in [4.69, 9.17) is 5.73 Å². The summed E-state index contributed by atoms with van der Waals surface area (Å²) in [7, 11) is 0. The SMILES string of the molecule is NCC(=O)Nc1ccc(OC(F)F)cc1. The topological polar surface area (TPSA) is 64.4 Å². The molecule has 1 aromatic carbocycles. The molecule has 1 amide bonds. The molecule has 0 aliphatic rings. The van der Waals surface area contributed by atoms with Crippen molar-refractivity contribution >= 4 is 11.6 Å². The van der Waals surface area contributed by atoms with Gasteiger partial charge in [-0.05, 0) is 24.3 Å². The molecular weight excluding hydrogens is 206 g/mol. The Morgan fingerprint density at radius 2 is 2.00 bits per heavy atom. The average Bonchev–Trinajstić information content (AvgIpc) is 2.20. The van der Waals surface area contributed by atoms with Crippen LogP contribution in [-0.4, -0.2) is 19.1 Å². The first kappa shape index (κ1) is 11.4. The molecule has 0 aromatic heterocycles. The molecule has 0 aliphatic carbocycles. The second kappa shape index (κ2) is 5.26. The van der Waals surface area contributed by atoms with Gasteiger partial charge in [0.15, 0.2) is 0 Å². The molecule has 82 valence electrons. The van der Waals surface area contributed by atoms with Crippen LogP contribution in [0.25, 0.3) is 0 Å². The van der Waals surface area contributed by atoms with Gasteiger partial charge >= 0.3 is 6.61 Å². The summed E-state index contributed by atoms with van der Waals surface area (Å²) in [6.07, 6.45) is 0. The second-order valence-corrected chi connectivity index (χ2v) is 2.66. The number of halogens is 2. The van der Waals surface area contributed by atoms with Crippen LogP contribution in [0.4, 0.5) is 14.5 Å². The Labute approximate surface area is 85.0 Å². The van der Waals surface area contributed by atoms with Crippen LogP contribution in [0.1, 0.15) is 0 Å². The summed E-state index contributed by atoms with van der Waals surface area (Å²) in [5, 5.41) is 2.47. The van der Waals surface area contributed by atoms with E-state index in [1.54, 1.807) is 0 Å². The van der Waals surface area contributed by atoms with Gasteiger partial charge < -0.3 is 15.8 Å². The number of carbonyl (C=O) groups is 1. The van der Waals surface area contributed by atoms with Crippen LogP contribution >= 0.6 is 0 Å². The molecule has 4 nitrogen and oxygen atoms in total.